The molecule has 2 heterocycles. The topological polar surface area (TPSA) is 57.7 Å². The number of carbonyl (C=O) groups is 1. The van der Waals surface area contributed by atoms with Crippen molar-refractivity contribution in [1.29, 1.82) is 0 Å². The first-order chi connectivity index (χ1) is 10.1. The van der Waals surface area contributed by atoms with E-state index < -0.39 is 0 Å². The van der Waals surface area contributed by atoms with Gasteiger partial charge < -0.3 is 15.0 Å². The number of amides is 1. The monoisotopic (exact) mass is 312 g/mol. The zero-order valence-electron chi connectivity index (χ0n) is 13.0. The van der Waals surface area contributed by atoms with E-state index in [0.29, 0.717) is 13.1 Å². The highest BCUT2D eigenvalue weighted by Gasteiger charge is 2.17. The van der Waals surface area contributed by atoms with Gasteiger partial charge in [0, 0.05) is 45.0 Å². The smallest absolute Gasteiger partial charge is 0.225 e. The minimum absolute atomic E-state index is 0.0324. The molecule has 1 aromatic heterocycles. The minimum Gasteiger partial charge on any atom is -0.374 e. The number of carbonyl (C=O) groups excluding carboxylic acids is 1. The molecule has 1 saturated heterocycles. The molecule has 1 atom stereocenters. The van der Waals surface area contributed by atoms with Crippen molar-refractivity contribution in [1.82, 2.24) is 15.2 Å². The Morgan fingerprint density at radius 1 is 1.67 bits per heavy atom. The van der Waals surface area contributed by atoms with Gasteiger partial charge in [-0.05, 0) is 14.0 Å². The van der Waals surface area contributed by atoms with E-state index in [0.717, 1.165) is 37.1 Å². The molecule has 0 bridgehead atoms. The Bertz CT molecular complexity index is 466. The highest BCUT2D eigenvalue weighted by molar-refractivity contribution is 7.14. The van der Waals surface area contributed by atoms with Crippen LogP contribution in [0.5, 0.6) is 0 Å². The molecule has 2 rings (SSSR count). The van der Waals surface area contributed by atoms with Crippen LogP contribution in [0, 0.1) is 0 Å². The van der Waals surface area contributed by atoms with Crippen LogP contribution in [0.4, 0.5) is 5.13 Å². The van der Waals surface area contributed by atoms with Gasteiger partial charge in [0.15, 0.2) is 5.13 Å². The summed E-state index contributed by atoms with van der Waals surface area (Å²) in [6.07, 6.45) is 0.242. The molecule has 1 aromatic rings. The first-order valence-corrected chi connectivity index (χ1v) is 8.21. The molecule has 7 heteroatoms. The third-order valence-corrected chi connectivity index (χ3v) is 4.40. The van der Waals surface area contributed by atoms with Crippen molar-refractivity contribution in [2.24, 2.45) is 0 Å². The maximum absolute atomic E-state index is 11.5. The van der Waals surface area contributed by atoms with Gasteiger partial charge in [0.2, 0.25) is 5.91 Å². The molecule has 0 spiro atoms. The van der Waals surface area contributed by atoms with Crippen LogP contribution in [-0.2, 0) is 16.1 Å². The number of nitrogens with one attached hydrogen (secondary N) is 1. The number of likely N-dealkylation sites (N-methyl/N-ethyl adjacent to an activating group) is 1. The lowest BCUT2D eigenvalue weighted by molar-refractivity contribution is -0.116. The van der Waals surface area contributed by atoms with Gasteiger partial charge in [0.25, 0.3) is 0 Å². The van der Waals surface area contributed by atoms with Crippen LogP contribution < -0.4 is 10.2 Å². The molecule has 21 heavy (non-hydrogen) atoms. The van der Waals surface area contributed by atoms with Crippen LogP contribution in [0.1, 0.15) is 19.5 Å². The molecule has 0 aliphatic carbocycles. The molecule has 1 unspecified atom stereocenters. The summed E-state index contributed by atoms with van der Waals surface area (Å²) >= 11 is 1.51. The Morgan fingerprint density at radius 2 is 2.48 bits per heavy atom. The number of anilines is 1. The highest BCUT2D eigenvalue weighted by Crippen LogP contribution is 2.20. The number of nitrogens with zero attached hydrogens (tertiary/aromatic N) is 3. The first kappa shape index (κ1) is 16.4. The lowest BCUT2D eigenvalue weighted by Crippen LogP contribution is -2.44. The van der Waals surface area contributed by atoms with Gasteiger partial charge in [-0.1, -0.05) is 0 Å². The van der Waals surface area contributed by atoms with E-state index in [9.17, 15) is 4.79 Å². The number of rotatable bonds is 6. The van der Waals surface area contributed by atoms with E-state index in [2.05, 4.69) is 22.2 Å². The summed E-state index contributed by atoms with van der Waals surface area (Å²) in [6, 6.07) is 0. The van der Waals surface area contributed by atoms with Crippen molar-refractivity contribution in [3.63, 3.8) is 0 Å². The number of hydrogen-bond acceptors (Lipinski definition) is 6. The molecule has 0 saturated carbocycles. The summed E-state index contributed by atoms with van der Waals surface area (Å²) in [7, 11) is 2.11. The van der Waals surface area contributed by atoms with Crippen molar-refractivity contribution in [2.45, 2.75) is 26.5 Å². The second kappa shape index (κ2) is 7.84. The molecular weight excluding hydrogens is 288 g/mol. The summed E-state index contributed by atoms with van der Waals surface area (Å²) in [5.74, 6) is 0.0324. The Kier molecular flexibility index (Phi) is 6.10. The molecule has 1 aliphatic heterocycles. The number of ether oxygens (including phenoxy) is 1. The molecule has 118 valence electrons. The summed E-state index contributed by atoms with van der Waals surface area (Å²) in [6.45, 7) is 8.47. The predicted molar refractivity (Wildman–Crippen MR) is 84.8 cm³/mol. The van der Waals surface area contributed by atoms with Crippen molar-refractivity contribution in [2.75, 3.05) is 44.7 Å². The molecule has 1 aliphatic rings. The van der Waals surface area contributed by atoms with Gasteiger partial charge in [0.1, 0.15) is 0 Å². The zero-order chi connectivity index (χ0) is 15.2. The third-order valence-electron chi connectivity index (χ3n) is 3.49. The fraction of sp³-hybridized carbons (Fsp3) is 0.714. The van der Waals surface area contributed by atoms with Crippen LogP contribution in [0.15, 0.2) is 5.38 Å². The Labute approximate surface area is 130 Å². The van der Waals surface area contributed by atoms with Gasteiger partial charge in [-0.15, -0.1) is 11.3 Å². The summed E-state index contributed by atoms with van der Waals surface area (Å²) in [4.78, 5) is 20.0. The molecule has 6 nitrogen and oxygen atoms in total. The molecule has 0 radical (unpaired) electrons. The first-order valence-electron chi connectivity index (χ1n) is 7.33. The predicted octanol–water partition coefficient (Wildman–Crippen LogP) is 0.936. The van der Waals surface area contributed by atoms with Crippen LogP contribution in [0.25, 0.3) is 0 Å². The number of hydrogen-bond donors (Lipinski definition) is 1. The van der Waals surface area contributed by atoms with Crippen molar-refractivity contribution < 1.29 is 9.53 Å². The number of thiazole rings is 1. The average molecular weight is 312 g/mol. The molecule has 1 N–H and O–H groups in total. The fourth-order valence-corrected chi connectivity index (χ4v) is 3.28. The van der Waals surface area contributed by atoms with Gasteiger partial charge in [-0.3, -0.25) is 9.69 Å². The van der Waals surface area contributed by atoms with Crippen molar-refractivity contribution >= 4 is 22.4 Å². The van der Waals surface area contributed by atoms with E-state index in [1.165, 1.54) is 11.3 Å². The molecular formula is C14H24N4O2S. The molecule has 1 amide bonds. The van der Waals surface area contributed by atoms with E-state index in [4.69, 9.17) is 4.74 Å². The maximum atomic E-state index is 11.5. The van der Waals surface area contributed by atoms with E-state index in [1.807, 2.05) is 12.3 Å². The summed E-state index contributed by atoms with van der Waals surface area (Å²) in [5, 5.41) is 6.16. The van der Waals surface area contributed by atoms with Crippen LogP contribution in [0.2, 0.25) is 0 Å². The van der Waals surface area contributed by atoms with E-state index in [-0.39, 0.29) is 12.0 Å². The Hall–Kier alpha value is -1.02. The Balaban J connectivity index is 1.79. The van der Waals surface area contributed by atoms with E-state index >= 15 is 0 Å². The lowest BCUT2D eigenvalue weighted by Gasteiger charge is -2.30. The molecule has 0 aromatic carbocycles. The molecule has 1 fully saturated rings. The Morgan fingerprint density at radius 3 is 3.14 bits per heavy atom. The lowest BCUT2D eigenvalue weighted by atomic mass is 10.3. The maximum Gasteiger partial charge on any atom is 0.225 e. The largest absolute Gasteiger partial charge is 0.374 e. The van der Waals surface area contributed by atoms with Gasteiger partial charge in [-0.2, -0.15) is 0 Å². The second-order valence-electron chi connectivity index (χ2n) is 5.27. The van der Waals surface area contributed by atoms with Crippen LogP contribution in [0.3, 0.4) is 0 Å². The number of morpholine rings is 1. The van der Waals surface area contributed by atoms with Crippen molar-refractivity contribution in [3.8, 4) is 0 Å². The average Bonchev–Trinajstić information content (AvgIpc) is 2.88. The van der Waals surface area contributed by atoms with Crippen LogP contribution in [-0.4, -0.2) is 61.7 Å². The van der Waals surface area contributed by atoms with E-state index in [1.54, 1.807) is 11.8 Å². The highest BCUT2D eigenvalue weighted by atomic mass is 32.1. The van der Waals surface area contributed by atoms with Crippen LogP contribution >= 0.6 is 11.3 Å². The summed E-state index contributed by atoms with van der Waals surface area (Å²) < 4.78 is 5.70. The SMILES string of the molecule is CCN(C(C)=O)c1nc(CNCC2CN(C)CCO2)cs1. The second-order valence-corrected chi connectivity index (χ2v) is 6.11. The minimum atomic E-state index is 0.0324. The van der Waals surface area contributed by atoms with Crippen molar-refractivity contribution in [3.05, 3.63) is 11.1 Å². The third kappa shape index (κ3) is 4.74. The van der Waals surface area contributed by atoms with Gasteiger partial charge in [-0.25, -0.2) is 4.98 Å². The van der Waals surface area contributed by atoms with Gasteiger partial charge in [0.05, 0.1) is 18.4 Å². The standard InChI is InChI=1S/C14H24N4O2S/c1-4-18(11(2)19)14-16-12(10-21-14)7-15-8-13-9-17(3)5-6-20-13/h10,13,15H,4-9H2,1-3H3. The fourth-order valence-electron chi connectivity index (χ4n) is 2.35. The zero-order valence-corrected chi connectivity index (χ0v) is 13.8. The van der Waals surface area contributed by atoms with Gasteiger partial charge >= 0.3 is 0 Å². The number of aromatic nitrogens is 1. The summed E-state index contributed by atoms with van der Waals surface area (Å²) in [5.41, 5.74) is 0.971. The normalized spacial score (nSPS) is 19.7. The quantitative estimate of drug-likeness (QED) is 0.847.